The van der Waals surface area contributed by atoms with E-state index in [0.29, 0.717) is 24.0 Å². The van der Waals surface area contributed by atoms with E-state index >= 15 is 0 Å². The van der Waals surface area contributed by atoms with Gasteiger partial charge in [-0.25, -0.2) is 4.98 Å². The van der Waals surface area contributed by atoms with Gasteiger partial charge in [0.25, 0.3) is 11.6 Å². The lowest BCUT2D eigenvalue weighted by Crippen LogP contribution is -2.39. The summed E-state index contributed by atoms with van der Waals surface area (Å²) < 4.78 is 6.15. The minimum Gasteiger partial charge on any atom is -0.497 e. The van der Waals surface area contributed by atoms with Crippen LogP contribution in [0.3, 0.4) is 0 Å². The molecule has 3 aromatic rings. The maximum absolute atomic E-state index is 13.5. The van der Waals surface area contributed by atoms with Crippen LogP contribution in [0, 0.1) is 10.1 Å². The van der Waals surface area contributed by atoms with Crippen LogP contribution in [0.4, 0.5) is 10.8 Å². The quantitative estimate of drug-likeness (QED) is 0.333. The first kappa shape index (κ1) is 22.9. The number of likely N-dealkylation sites (N-methyl/N-ethyl adjacent to an activating group) is 1. The fraction of sp³-hybridized carbons (Fsp3) is 0.333. The number of rotatable bonds is 9. The van der Waals surface area contributed by atoms with Gasteiger partial charge in [0.2, 0.25) is 0 Å². The molecule has 0 radical (unpaired) electrons. The van der Waals surface area contributed by atoms with E-state index in [1.807, 2.05) is 18.2 Å². The number of nitrogens with zero attached hydrogens (tertiary/aromatic N) is 4. The first-order valence-electron chi connectivity index (χ1n) is 9.80. The number of anilines is 1. The van der Waals surface area contributed by atoms with Gasteiger partial charge in [-0.2, -0.15) is 0 Å². The Bertz CT molecular complexity index is 1100. The first-order valence-corrected chi connectivity index (χ1v) is 11.0. The Morgan fingerprint density at radius 3 is 2.58 bits per heavy atom. The Balaban J connectivity index is 2.03. The van der Waals surface area contributed by atoms with Crippen molar-refractivity contribution in [3.63, 3.8) is 0 Å². The molecule has 8 nitrogen and oxygen atoms in total. The van der Waals surface area contributed by atoms with Crippen LogP contribution in [0.2, 0.25) is 5.02 Å². The number of fused-ring (bicyclic) bond motifs is 1. The normalized spacial score (nSPS) is 11.1. The summed E-state index contributed by atoms with van der Waals surface area (Å²) in [5.41, 5.74) is 0.629. The summed E-state index contributed by atoms with van der Waals surface area (Å²) in [6.45, 7) is 6.79. The van der Waals surface area contributed by atoms with Crippen LogP contribution in [0.1, 0.15) is 24.2 Å². The van der Waals surface area contributed by atoms with E-state index < -0.39 is 10.8 Å². The molecular weight excluding hydrogens is 440 g/mol. The number of hydrogen-bond donors (Lipinski definition) is 0. The van der Waals surface area contributed by atoms with Crippen LogP contribution in [0.5, 0.6) is 5.75 Å². The molecule has 0 aliphatic rings. The SMILES string of the molecule is CCN(CC)CCN(C(=O)c1cc([N+](=O)[O-])ccc1Cl)c1nc2ccc(OC)cc2s1. The van der Waals surface area contributed by atoms with Crippen molar-refractivity contribution in [3.8, 4) is 5.75 Å². The van der Waals surface area contributed by atoms with Gasteiger partial charge >= 0.3 is 0 Å². The molecule has 0 aliphatic carbocycles. The number of hydrogen-bond acceptors (Lipinski definition) is 7. The Morgan fingerprint density at radius 2 is 1.94 bits per heavy atom. The van der Waals surface area contributed by atoms with Crippen LogP contribution in [0.15, 0.2) is 36.4 Å². The van der Waals surface area contributed by atoms with Gasteiger partial charge in [0.15, 0.2) is 5.13 Å². The third-order valence-electron chi connectivity index (χ3n) is 4.99. The monoisotopic (exact) mass is 462 g/mol. The number of nitro benzene ring substituents is 1. The molecule has 0 N–H and O–H groups in total. The molecule has 0 spiro atoms. The van der Waals surface area contributed by atoms with E-state index in [0.717, 1.165) is 23.3 Å². The molecule has 2 aromatic carbocycles. The number of methoxy groups -OCH3 is 1. The zero-order valence-electron chi connectivity index (χ0n) is 17.5. The maximum Gasteiger partial charge on any atom is 0.270 e. The zero-order chi connectivity index (χ0) is 22.5. The van der Waals surface area contributed by atoms with E-state index in [-0.39, 0.29) is 16.3 Å². The lowest BCUT2D eigenvalue weighted by molar-refractivity contribution is -0.384. The van der Waals surface area contributed by atoms with Gasteiger partial charge in [-0.15, -0.1) is 0 Å². The third-order valence-corrected chi connectivity index (χ3v) is 6.36. The summed E-state index contributed by atoms with van der Waals surface area (Å²) in [4.78, 5) is 32.5. The van der Waals surface area contributed by atoms with E-state index in [1.165, 1.54) is 29.5 Å². The number of carbonyl (C=O) groups is 1. The van der Waals surface area contributed by atoms with Gasteiger partial charge in [0.05, 0.1) is 32.8 Å². The van der Waals surface area contributed by atoms with E-state index in [2.05, 4.69) is 23.7 Å². The lowest BCUT2D eigenvalue weighted by atomic mass is 10.1. The Kier molecular flexibility index (Phi) is 7.42. The molecule has 0 unspecified atom stereocenters. The molecule has 10 heteroatoms. The average molecular weight is 463 g/mol. The van der Waals surface area contributed by atoms with Crippen molar-refractivity contribution in [3.05, 3.63) is 57.1 Å². The second kappa shape index (κ2) is 10.0. The van der Waals surface area contributed by atoms with Crippen LogP contribution in [0.25, 0.3) is 10.2 Å². The molecule has 1 heterocycles. The molecule has 0 saturated heterocycles. The van der Waals surface area contributed by atoms with Crippen molar-refractivity contribution in [1.82, 2.24) is 9.88 Å². The fourth-order valence-electron chi connectivity index (χ4n) is 3.14. The largest absolute Gasteiger partial charge is 0.497 e. The average Bonchev–Trinajstić information content (AvgIpc) is 3.19. The smallest absolute Gasteiger partial charge is 0.270 e. The number of non-ortho nitro benzene ring substituents is 1. The number of ether oxygens (including phenoxy) is 1. The number of benzene rings is 2. The number of nitro groups is 1. The first-order chi connectivity index (χ1) is 14.9. The molecule has 0 bridgehead atoms. The van der Waals surface area contributed by atoms with Crippen molar-refractivity contribution < 1.29 is 14.5 Å². The molecule has 164 valence electrons. The fourth-order valence-corrected chi connectivity index (χ4v) is 4.35. The zero-order valence-corrected chi connectivity index (χ0v) is 19.1. The molecule has 1 aromatic heterocycles. The van der Waals surface area contributed by atoms with E-state index in [9.17, 15) is 14.9 Å². The van der Waals surface area contributed by atoms with E-state index in [1.54, 1.807) is 12.0 Å². The van der Waals surface area contributed by atoms with Crippen LogP contribution in [-0.4, -0.2) is 54.0 Å². The highest BCUT2D eigenvalue weighted by atomic mass is 35.5. The summed E-state index contributed by atoms with van der Waals surface area (Å²) >= 11 is 7.61. The number of halogens is 1. The Morgan fingerprint density at radius 1 is 1.19 bits per heavy atom. The lowest BCUT2D eigenvalue weighted by Gasteiger charge is -2.25. The van der Waals surface area contributed by atoms with Gasteiger partial charge in [-0.1, -0.05) is 36.8 Å². The predicted octanol–water partition coefficient (Wildman–Crippen LogP) is 4.86. The second-order valence-corrected chi connectivity index (χ2v) is 8.15. The second-order valence-electron chi connectivity index (χ2n) is 6.74. The Hall–Kier alpha value is -2.75. The Labute approximate surface area is 189 Å². The van der Waals surface area contributed by atoms with Crippen LogP contribution < -0.4 is 9.64 Å². The van der Waals surface area contributed by atoms with Crippen molar-refractivity contribution in [2.45, 2.75) is 13.8 Å². The van der Waals surface area contributed by atoms with Gasteiger partial charge < -0.3 is 9.64 Å². The maximum atomic E-state index is 13.5. The van der Waals surface area contributed by atoms with Crippen molar-refractivity contribution >= 4 is 49.9 Å². The molecule has 31 heavy (non-hydrogen) atoms. The van der Waals surface area contributed by atoms with Crippen molar-refractivity contribution in [2.75, 3.05) is 38.2 Å². The van der Waals surface area contributed by atoms with Gasteiger partial charge in [0.1, 0.15) is 5.75 Å². The highest BCUT2D eigenvalue weighted by Crippen LogP contribution is 2.33. The van der Waals surface area contributed by atoms with Crippen LogP contribution >= 0.6 is 22.9 Å². The standard InChI is InChI=1S/C21H23ClN4O4S/c1-4-24(5-2)10-11-25(20(27)16-12-14(26(28)29)6-8-17(16)22)21-23-18-9-7-15(30-3)13-19(18)31-21/h6-9,12-13H,4-5,10-11H2,1-3H3. The molecule has 1 amide bonds. The highest BCUT2D eigenvalue weighted by molar-refractivity contribution is 7.22. The van der Waals surface area contributed by atoms with Crippen LogP contribution in [-0.2, 0) is 0 Å². The molecule has 0 saturated carbocycles. The van der Waals surface area contributed by atoms with E-state index in [4.69, 9.17) is 16.3 Å². The van der Waals surface area contributed by atoms with Gasteiger partial charge in [-0.3, -0.25) is 19.8 Å². The summed E-state index contributed by atoms with van der Waals surface area (Å²) in [5.74, 6) is 0.275. The highest BCUT2D eigenvalue weighted by Gasteiger charge is 2.25. The minimum absolute atomic E-state index is 0.0762. The number of carbonyl (C=O) groups excluding carboxylic acids is 1. The third kappa shape index (κ3) is 5.12. The summed E-state index contributed by atoms with van der Waals surface area (Å²) in [5, 5.41) is 11.9. The predicted molar refractivity (Wildman–Crippen MR) is 124 cm³/mol. The molecule has 0 fully saturated rings. The molecular formula is C21H23ClN4O4S. The summed E-state index contributed by atoms with van der Waals surface area (Å²) in [7, 11) is 1.59. The number of thiazole rings is 1. The molecule has 0 aliphatic heterocycles. The minimum atomic E-state index is -0.544. The number of aromatic nitrogens is 1. The van der Waals surface area contributed by atoms with Gasteiger partial charge in [0, 0.05) is 25.2 Å². The van der Waals surface area contributed by atoms with Crippen molar-refractivity contribution in [1.29, 1.82) is 0 Å². The van der Waals surface area contributed by atoms with Gasteiger partial charge in [-0.05, 0) is 37.4 Å². The summed E-state index contributed by atoms with van der Waals surface area (Å²) in [6, 6.07) is 9.38. The molecule has 0 atom stereocenters. The topological polar surface area (TPSA) is 88.8 Å². The summed E-state index contributed by atoms with van der Waals surface area (Å²) in [6.07, 6.45) is 0. The van der Waals surface area contributed by atoms with Crippen molar-refractivity contribution in [2.24, 2.45) is 0 Å². The molecule has 3 rings (SSSR count). The number of amides is 1.